The van der Waals surface area contributed by atoms with Gasteiger partial charge in [-0.2, -0.15) is 0 Å². The number of carbonyl (C=O) groups excluding carboxylic acids is 1. The van der Waals surface area contributed by atoms with Gasteiger partial charge in [-0.25, -0.2) is 4.79 Å². The summed E-state index contributed by atoms with van der Waals surface area (Å²) in [6.45, 7) is 9.09. The van der Waals surface area contributed by atoms with Crippen LogP contribution in [0.2, 0.25) is 0 Å². The van der Waals surface area contributed by atoms with Gasteiger partial charge in [-0.3, -0.25) is 4.98 Å². The molecule has 1 fully saturated rings. The van der Waals surface area contributed by atoms with Crippen LogP contribution in [0.1, 0.15) is 38.7 Å². The van der Waals surface area contributed by atoms with Gasteiger partial charge in [0.25, 0.3) is 0 Å². The fourth-order valence-corrected chi connectivity index (χ4v) is 3.02. The molecule has 25 heavy (non-hydrogen) atoms. The van der Waals surface area contributed by atoms with E-state index in [2.05, 4.69) is 39.2 Å². The molecular formula is C17H25N7O. The summed E-state index contributed by atoms with van der Waals surface area (Å²) >= 11 is 0. The molecule has 2 aromatic rings. The lowest BCUT2D eigenvalue weighted by molar-refractivity contribution is 0.190. The van der Waals surface area contributed by atoms with Gasteiger partial charge in [0.2, 0.25) is 0 Å². The third-order valence-corrected chi connectivity index (χ3v) is 4.48. The fourth-order valence-electron chi connectivity index (χ4n) is 3.02. The Balaban J connectivity index is 1.55. The van der Waals surface area contributed by atoms with Gasteiger partial charge < -0.3 is 19.7 Å². The Labute approximate surface area is 147 Å². The minimum Gasteiger partial charge on any atom is -0.368 e. The number of hydrogen-bond donors (Lipinski definition) is 1. The zero-order chi connectivity index (χ0) is 17.8. The molecule has 1 aliphatic heterocycles. The maximum Gasteiger partial charge on any atom is 0.318 e. The van der Waals surface area contributed by atoms with E-state index in [1.54, 1.807) is 18.7 Å². The summed E-state index contributed by atoms with van der Waals surface area (Å²) < 4.78 is 1.98. The number of aromatic nitrogens is 4. The van der Waals surface area contributed by atoms with E-state index in [0.717, 1.165) is 24.6 Å². The van der Waals surface area contributed by atoms with Gasteiger partial charge in [-0.05, 0) is 32.9 Å². The summed E-state index contributed by atoms with van der Waals surface area (Å²) in [6, 6.07) is 4.01. The van der Waals surface area contributed by atoms with Crippen LogP contribution < -0.4 is 10.2 Å². The summed E-state index contributed by atoms with van der Waals surface area (Å²) in [7, 11) is 0. The van der Waals surface area contributed by atoms with Gasteiger partial charge in [0.15, 0.2) is 5.82 Å². The number of carbonyl (C=O) groups is 1. The van der Waals surface area contributed by atoms with E-state index in [0.29, 0.717) is 13.1 Å². The number of piperazine rings is 1. The molecule has 1 aliphatic rings. The number of nitrogens with one attached hydrogen (secondary N) is 1. The van der Waals surface area contributed by atoms with Crippen LogP contribution in [-0.4, -0.2) is 56.9 Å². The van der Waals surface area contributed by atoms with E-state index in [9.17, 15) is 4.79 Å². The first-order valence-corrected chi connectivity index (χ1v) is 8.66. The van der Waals surface area contributed by atoms with Crippen molar-refractivity contribution in [2.75, 3.05) is 31.1 Å². The van der Waals surface area contributed by atoms with Crippen molar-refractivity contribution in [1.82, 2.24) is 30.0 Å². The first-order valence-electron chi connectivity index (χ1n) is 8.66. The Bertz CT molecular complexity index is 692. The molecule has 1 saturated heterocycles. The van der Waals surface area contributed by atoms with Crippen LogP contribution in [-0.2, 0) is 0 Å². The lowest BCUT2D eigenvalue weighted by Crippen LogP contribution is -2.52. The molecule has 0 spiro atoms. The minimum atomic E-state index is -0.185. The predicted octanol–water partition coefficient (Wildman–Crippen LogP) is 1.85. The molecule has 0 saturated carbocycles. The quantitative estimate of drug-likeness (QED) is 0.916. The molecule has 0 aliphatic carbocycles. The molecule has 0 bridgehead atoms. The molecule has 2 amide bonds. The lowest BCUT2D eigenvalue weighted by Gasteiger charge is -2.36. The second-order valence-electron chi connectivity index (χ2n) is 6.54. The second-order valence-corrected chi connectivity index (χ2v) is 6.54. The van der Waals surface area contributed by atoms with Crippen molar-refractivity contribution in [1.29, 1.82) is 0 Å². The minimum absolute atomic E-state index is 0.0554. The van der Waals surface area contributed by atoms with Gasteiger partial charge in [-0.15, -0.1) is 10.2 Å². The van der Waals surface area contributed by atoms with E-state index in [1.165, 1.54) is 0 Å². The van der Waals surface area contributed by atoms with Crippen LogP contribution in [0.3, 0.4) is 0 Å². The standard InChI is InChI=1S/C17H25N7O/c1-13(2)24-12-19-21-16(24)14(3)20-17(25)23-10-8-22(9-11-23)15-4-6-18-7-5-15/h4-7,12-14H,8-11H2,1-3H3,(H,20,25). The maximum atomic E-state index is 12.6. The van der Waals surface area contributed by atoms with Crippen LogP contribution >= 0.6 is 0 Å². The van der Waals surface area contributed by atoms with Crippen molar-refractivity contribution in [3.63, 3.8) is 0 Å². The molecule has 1 atom stereocenters. The summed E-state index contributed by atoms with van der Waals surface area (Å²) in [4.78, 5) is 20.7. The molecule has 8 nitrogen and oxygen atoms in total. The Hall–Kier alpha value is -2.64. The summed E-state index contributed by atoms with van der Waals surface area (Å²) in [5.41, 5.74) is 1.15. The van der Waals surface area contributed by atoms with Crippen LogP contribution in [0.5, 0.6) is 0 Å². The van der Waals surface area contributed by atoms with E-state index >= 15 is 0 Å². The first kappa shape index (κ1) is 17.2. The van der Waals surface area contributed by atoms with Gasteiger partial charge in [0.1, 0.15) is 6.33 Å². The normalized spacial score (nSPS) is 16.2. The molecule has 0 aromatic carbocycles. The highest BCUT2D eigenvalue weighted by atomic mass is 16.2. The van der Waals surface area contributed by atoms with Crippen molar-refractivity contribution < 1.29 is 4.79 Å². The Morgan fingerprint density at radius 3 is 2.44 bits per heavy atom. The highest BCUT2D eigenvalue weighted by molar-refractivity contribution is 5.75. The average molecular weight is 343 g/mol. The molecule has 8 heteroatoms. The first-order chi connectivity index (χ1) is 12.1. The van der Waals surface area contributed by atoms with Crippen molar-refractivity contribution >= 4 is 11.7 Å². The topological polar surface area (TPSA) is 79.2 Å². The van der Waals surface area contributed by atoms with Crippen LogP contribution in [0.4, 0.5) is 10.5 Å². The van der Waals surface area contributed by atoms with Gasteiger partial charge in [-0.1, -0.05) is 0 Å². The molecular weight excluding hydrogens is 318 g/mol. The van der Waals surface area contributed by atoms with Gasteiger partial charge in [0, 0.05) is 50.3 Å². The SMILES string of the molecule is CC(NC(=O)N1CCN(c2ccncc2)CC1)c1nncn1C(C)C. The molecule has 3 heterocycles. The fraction of sp³-hybridized carbons (Fsp3) is 0.529. The number of rotatable bonds is 4. The number of nitrogens with zero attached hydrogens (tertiary/aromatic N) is 6. The zero-order valence-electron chi connectivity index (χ0n) is 15.0. The average Bonchev–Trinajstić information content (AvgIpc) is 3.13. The summed E-state index contributed by atoms with van der Waals surface area (Å²) in [5.74, 6) is 0.777. The van der Waals surface area contributed by atoms with Crippen molar-refractivity contribution in [3.8, 4) is 0 Å². The Morgan fingerprint density at radius 2 is 1.80 bits per heavy atom. The van der Waals surface area contributed by atoms with E-state index in [-0.39, 0.29) is 18.1 Å². The molecule has 0 radical (unpaired) electrons. The van der Waals surface area contributed by atoms with Crippen LogP contribution in [0, 0.1) is 0 Å². The molecule has 3 rings (SSSR count). The van der Waals surface area contributed by atoms with Gasteiger partial charge in [0.05, 0.1) is 6.04 Å². The number of pyridine rings is 1. The zero-order valence-corrected chi connectivity index (χ0v) is 15.0. The Morgan fingerprint density at radius 1 is 1.12 bits per heavy atom. The highest BCUT2D eigenvalue weighted by Gasteiger charge is 2.24. The van der Waals surface area contributed by atoms with Crippen molar-refractivity contribution in [2.24, 2.45) is 0 Å². The van der Waals surface area contributed by atoms with Crippen molar-refractivity contribution in [3.05, 3.63) is 36.7 Å². The summed E-state index contributed by atoms with van der Waals surface area (Å²) in [5, 5.41) is 11.2. The Kier molecular flexibility index (Phi) is 5.16. The summed E-state index contributed by atoms with van der Waals surface area (Å²) in [6.07, 6.45) is 5.29. The largest absolute Gasteiger partial charge is 0.368 e. The number of anilines is 1. The molecule has 1 unspecified atom stereocenters. The number of hydrogen-bond acceptors (Lipinski definition) is 5. The van der Waals surface area contributed by atoms with E-state index in [1.807, 2.05) is 28.5 Å². The smallest absolute Gasteiger partial charge is 0.318 e. The lowest BCUT2D eigenvalue weighted by atomic mass is 10.2. The third-order valence-electron chi connectivity index (χ3n) is 4.48. The predicted molar refractivity (Wildman–Crippen MR) is 95.4 cm³/mol. The van der Waals surface area contributed by atoms with E-state index in [4.69, 9.17) is 0 Å². The van der Waals surface area contributed by atoms with E-state index < -0.39 is 0 Å². The number of urea groups is 1. The highest BCUT2D eigenvalue weighted by Crippen LogP contribution is 2.17. The second kappa shape index (κ2) is 7.50. The van der Waals surface area contributed by atoms with Crippen LogP contribution in [0.25, 0.3) is 0 Å². The molecule has 134 valence electrons. The van der Waals surface area contributed by atoms with Crippen molar-refractivity contribution in [2.45, 2.75) is 32.9 Å². The molecule has 1 N–H and O–H groups in total. The number of amides is 2. The monoisotopic (exact) mass is 343 g/mol. The molecule has 2 aromatic heterocycles. The third kappa shape index (κ3) is 3.89. The van der Waals surface area contributed by atoms with Crippen LogP contribution in [0.15, 0.2) is 30.9 Å². The maximum absolute atomic E-state index is 12.6. The van der Waals surface area contributed by atoms with Gasteiger partial charge >= 0.3 is 6.03 Å².